The molecule has 1 N–H and O–H groups in total. The van der Waals surface area contributed by atoms with Crippen LogP contribution in [0, 0.1) is 25.7 Å². The van der Waals surface area contributed by atoms with E-state index in [9.17, 15) is 9.59 Å². The minimum atomic E-state index is -0.166. The number of likely N-dealkylation sites (tertiary alicyclic amines) is 1. The molecule has 1 aromatic heterocycles. The molecule has 2 atom stereocenters. The van der Waals surface area contributed by atoms with Crippen LogP contribution < -0.4 is 5.32 Å². The maximum Gasteiger partial charge on any atom is 0.253 e. The van der Waals surface area contributed by atoms with Crippen LogP contribution in [0.4, 0.5) is 0 Å². The molecule has 3 rings (SSSR count). The van der Waals surface area contributed by atoms with Crippen molar-refractivity contribution in [2.45, 2.75) is 40.2 Å². The lowest BCUT2D eigenvalue weighted by Gasteiger charge is -2.32. The summed E-state index contributed by atoms with van der Waals surface area (Å²) in [5.41, 5.74) is 2.74. The van der Waals surface area contributed by atoms with Gasteiger partial charge >= 0.3 is 0 Å². The van der Waals surface area contributed by atoms with Gasteiger partial charge in [-0.25, -0.2) is 0 Å². The Morgan fingerprint density at radius 2 is 2.00 bits per heavy atom. The average molecular weight is 417 g/mol. The van der Waals surface area contributed by atoms with Gasteiger partial charge in [0.25, 0.3) is 5.91 Å². The Kier molecular flexibility index (Phi) is 6.96. The van der Waals surface area contributed by atoms with Gasteiger partial charge in [-0.1, -0.05) is 18.5 Å². The second-order valence-electron chi connectivity index (χ2n) is 8.06. The van der Waals surface area contributed by atoms with Crippen LogP contribution in [-0.2, 0) is 11.3 Å². The van der Waals surface area contributed by atoms with Crippen molar-refractivity contribution in [2.24, 2.45) is 11.8 Å². The summed E-state index contributed by atoms with van der Waals surface area (Å²) in [7, 11) is 0. The first-order valence-corrected chi connectivity index (χ1v) is 10.5. The van der Waals surface area contributed by atoms with Crippen LogP contribution in [0.15, 0.2) is 30.3 Å². The first-order valence-electron chi connectivity index (χ1n) is 10.2. The van der Waals surface area contributed by atoms with Crippen molar-refractivity contribution in [1.82, 2.24) is 20.0 Å². The lowest BCUT2D eigenvalue weighted by molar-refractivity contribution is -0.126. The Balaban J connectivity index is 1.50. The van der Waals surface area contributed by atoms with E-state index in [0.29, 0.717) is 30.2 Å². The highest BCUT2D eigenvalue weighted by atomic mass is 35.5. The number of hydrogen-bond donors (Lipinski definition) is 1. The average Bonchev–Trinajstić information content (AvgIpc) is 3.03. The molecular formula is C22H29ClN4O2. The molecule has 7 heteroatoms. The topological polar surface area (TPSA) is 67.2 Å². The van der Waals surface area contributed by atoms with E-state index in [0.717, 1.165) is 30.8 Å². The van der Waals surface area contributed by atoms with Crippen LogP contribution in [-0.4, -0.2) is 46.1 Å². The summed E-state index contributed by atoms with van der Waals surface area (Å²) in [6.07, 6.45) is 1.64. The van der Waals surface area contributed by atoms with Crippen molar-refractivity contribution >= 4 is 23.4 Å². The molecule has 1 aliphatic rings. The van der Waals surface area contributed by atoms with E-state index in [1.54, 1.807) is 29.2 Å². The Morgan fingerprint density at radius 1 is 1.28 bits per heavy atom. The molecule has 0 saturated carbocycles. The van der Waals surface area contributed by atoms with Crippen LogP contribution in [0.25, 0.3) is 0 Å². The molecule has 2 amide bonds. The van der Waals surface area contributed by atoms with E-state index in [1.165, 1.54) is 0 Å². The number of hydrogen-bond acceptors (Lipinski definition) is 3. The summed E-state index contributed by atoms with van der Waals surface area (Å²) in [5, 5.41) is 8.16. The number of carbonyl (C=O) groups excluding carboxylic acids is 2. The van der Waals surface area contributed by atoms with E-state index >= 15 is 0 Å². The lowest BCUT2D eigenvalue weighted by Crippen LogP contribution is -2.46. The first-order chi connectivity index (χ1) is 13.8. The van der Waals surface area contributed by atoms with E-state index in [4.69, 9.17) is 11.6 Å². The largest absolute Gasteiger partial charge is 0.355 e. The monoisotopic (exact) mass is 416 g/mol. The molecule has 1 aliphatic heterocycles. The number of amides is 2. The molecule has 2 heterocycles. The number of halogens is 1. The third-order valence-electron chi connectivity index (χ3n) is 5.38. The molecule has 0 unspecified atom stereocenters. The summed E-state index contributed by atoms with van der Waals surface area (Å²) in [6, 6.07) is 8.95. The molecule has 1 aromatic carbocycles. The number of nitrogens with one attached hydrogen (secondary N) is 1. The first kappa shape index (κ1) is 21.4. The van der Waals surface area contributed by atoms with Gasteiger partial charge in [0.2, 0.25) is 5.91 Å². The van der Waals surface area contributed by atoms with Gasteiger partial charge in [-0.2, -0.15) is 5.10 Å². The fraction of sp³-hybridized carbons (Fsp3) is 0.500. The number of carbonyl (C=O) groups is 2. The van der Waals surface area contributed by atoms with Crippen LogP contribution in [0.3, 0.4) is 0 Å². The molecule has 1 fully saturated rings. The smallest absolute Gasteiger partial charge is 0.253 e. The van der Waals surface area contributed by atoms with Crippen molar-refractivity contribution in [1.29, 1.82) is 0 Å². The second-order valence-corrected chi connectivity index (χ2v) is 8.49. The van der Waals surface area contributed by atoms with Crippen LogP contribution in [0.1, 0.15) is 41.5 Å². The minimum absolute atomic E-state index is 0.0267. The molecule has 2 aromatic rings. The van der Waals surface area contributed by atoms with E-state index in [1.807, 2.05) is 18.5 Å². The number of benzene rings is 1. The zero-order valence-corrected chi connectivity index (χ0v) is 18.1. The van der Waals surface area contributed by atoms with Crippen molar-refractivity contribution in [2.75, 3.05) is 19.6 Å². The van der Waals surface area contributed by atoms with Gasteiger partial charge in [-0.15, -0.1) is 0 Å². The molecule has 156 valence electrons. The van der Waals surface area contributed by atoms with Gasteiger partial charge in [0.15, 0.2) is 0 Å². The van der Waals surface area contributed by atoms with Crippen molar-refractivity contribution < 1.29 is 9.59 Å². The number of piperidine rings is 1. The summed E-state index contributed by atoms with van der Waals surface area (Å²) in [6.45, 7) is 8.63. The van der Waals surface area contributed by atoms with Gasteiger partial charge in [-0.05, 0) is 62.9 Å². The number of rotatable bonds is 6. The van der Waals surface area contributed by atoms with Gasteiger partial charge in [0, 0.05) is 42.5 Å². The molecule has 0 radical (unpaired) electrons. The van der Waals surface area contributed by atoms with Crippen LogP contribution in [0.2, 0.25) is 5.02 Å². The highest BCUT2D eigenvalue weighted by molar-refractivity contribution is 6.30. The van der Waals surface area contributed by atoms with Crippen molar-refractivity contribution in [3.05, 3.63) is 52.3 Å². The molecule has 0 aliphatic carbocycles. The van der Waals surface area contributed by atoms with Crippen LogP contribution >= 0.6 is 11.6 Å². The second kappa shape index (κ2) is 9.44. The lowest BCUT2D eigenvalue weighted by atomic mass is 9.96. The molecular weight excluding hydrogens is 388 g/mol. The minimum Gasteiger partial charge on any atom is -0.355 e. The summed E-state index contributed by atoms with van der Waals surface area (Å²) >= 11 is 5.90. The van der Waals surface area contributed by atoms with E-state index in [2.05, 4.69) is 23.4 Å². The Morgan fingerprint density at radius 3 is 2.66 bits per heavy atom. The summed E-state index contributed by atoms with van der Waals surface area (Å²) in [5.74, 6) is 0.0871. The van der Waals surface area contributed by atoms with Gasteiger partial charge in [0.05, 0.1) is 11.6 Å². The predicted octanol–water partition coefficient (Wildman–Crippen LogP) is 3.46. The van der Waals surface area contributed by atoms with E-state index in [-0.39, 0.29) is 23.7 Å². The Bertz CT molecular complexity index is 862. The van der Waals surface area contributed by atoms with Crippen molar-refractivity contribution in [3.8, 4) is 0 Å². The summed E-state index contributed by atoms with van der Waals surface area (Å²) in [4.78, 5) is 27.2. The zero-order valence-electron chi connectivity index (χ0n) is 17.3. The van der Waals surface area contributed by atoms with Gasteiger partial charge in [-0.3, -0.25) is 14.3 Å². The highest BCUT2D eigenvalue weighted by Crippen LogP contribution is 2.20. The SMILES string of the molecule is Cc1cc(C)n(C[C@H](C)CNC(=O)[C@@H]2CCCN(C(=O)c3ccc(Cl)cc3)C2)n1. The predicted molar refractivity (Wildman–Crippen MR) is 114 cm³/mol. The number of aryl methyl sites for hydroxylation is 2. The van der Waals surface area contributed by atoms with Crippen molar-refractivity contribution in [3.63, 3.8) is 0 Å². The maximum absolute atomic E-state index is 12.7. The zero-order chi connectivity index (χ0) is 21.0. The fourth-order valence-corrected chi connectivity index (χ4v) is 3.92. The Labute approximate surface area is 177 Å². The van der Waals surface area contributed by atoms with Gasteiger partial charge < -0.3 is 10.2 Å². The fourth-order valence-electron chi connectivity index (χ4n) is 3.79. The normalized spacial score (nSPS) is 17.8. The third-order valence-corrected chi connectivity index (χ3v) is 5.64. The third kappa shape index (κ3) is 5.60. The van der Waals surface area contributed by atoms with Crippen LogP contribution in [0.5, 0.6) is 0 Å². The highest BCUT2D eigenvalue weighted by Gasteiger charge is 2.29. The Hall–Kier alpha value is -2.34. The molecule has 0 bridgehead atoms. The van der Waals surface area contributed by atoms with E-state index < -0.39 is 0 Å². The quantitative estimate of drug-likeness (QED) is 0.784. The summed E-state index contributed by atoms with van der Waals surface area (Å²) < 4.78 is 1.99. The number of nitrogens with zero attached hydrogens (tertiary/aromatic N) is 3. The maximum atomic E-state index is 12.7. The molecule has 29 heavy (non-hydrogen) atoms. The number of aromatic nitrogens is 2. The molecule has 1 saturated heterocycles. The standard InChI is InChI=1S/C22H29ClN4O2/c1-15(13-27-17(3)11-16(2)25-27)12-24-21(28)19-5-4-10-26(14-19)22(29)18-6-8-20(23)9-7-18/h6-9,11,15,19H,4-5,10,12-14H2,1-3H3,(H,24,28)/t15-,19-/m1/s1. The van der Waals surface area contributed by atoms with Gasteiger partial charge in [0.1, 0.15) is 0 Å². The molecule has 0 spiro atoms. The molecule has 6 nitrogen and oxygen atoms in total.